The third-order valence-corrected chi connectivity index (χ3v) is 2.73. The first kappa shape index (κ1) is 12.8. The molecule has 0 atom stereocenters. The molecule has 0 aliphatic carbocycles. The predicted octanol–water partition coefficient (Wildman–Crippen LogP) is 2.72. The molecule has 0 radical (unpaired) electrons. The number of Topliss-reactive ketones (excluding diaryl/α,β-unsaturated/α-hetero) is 1. The van der Waals surface area contributed by atoms with Crippen molar-refractivity contribution in [3.8, 4) is 0 Å². The SMILES string of the molecule is CC(=O)c1cc(NC(=O)c2ccccc2)ccc1N. The van der Waals surface area contributed by atoms with Gasteiger partial charge in [0.25, 0.3) is 5.91 Å². The summed E-state index contributed by atoms with van der Waals surface area (Å²) in [5, 5.41) is 2.73. The Morgan fingerprint density at radius 1 is 1.05 bits per heavy atom. The van der Waals surface area contributed by atoms with Crippen LogP contribution < -0.4 is 11.1 Å². The fourth-order valence-electron chi connectivity index (χ4n) is 1.73. The van der Waals surface area contributed by atoms with E-state index < -0.39 is 0 Å². The summed E-state index contributed by atoms with van der Waals surface area (Å²) in [6.07, 6.45) is 0. The smallest absolute Gasteiger partial charge is 0.255 e. The Morgan fingerprint density at radius 2 is 1.74 bits per heavy atom. The second-order valence-corrected chi connectivity index (χ2v) is 4.18. The van der Waals surface area contributed by atoms with Crippen LogP contribution in [0.1, 0.15) is 27.6 Å². The molecular weight excluding hydrogens is 240 g/mol. The second kappa shape index (κ2) is 5.35. The first-order valence-electron chi connectivity index (χ1n) is 5.85. The normalized spacial score (nSPS) is 9.95. The van der Waals surface area contributed by atoms with Crippen LogP contribution in [0, 0.1) is 0 Å². The number of anilines is 2. The van der Waals surface area contributed by atoms with E-state index in [1.165, 1.54) is 6.92 Å². The molecule has 1 amide bonds. The number of carbonyl (C=O) groups is 2. The molecule has 0 aromatic heterocycles. The van der Waals surface area contributed by atoms with Crippen molar-refractivity contribution in [2.75, 3.05) is 11.1 Å². The van der Waals surface area contributed by atoms with Gasteiger partial charge in [0.2, 0.25) is 0 Å². The van der Waals surface area contributed by atoms with Crippen molar-refractivity contribution >= 4 is 23.1 Å². The van der Waals surface area contributed by atoms with Gasteiger partial charge in [-0.05, 0) is 37.3 Å². The predicted molar refractivity (Wildman–Crippen MR) is 75.3 cm³/mol. The van der Waals surface area contributed by atoms with Crippen LogP contribution in [-0.2, 0) is 0 Å². The maximum absolute atomic E-state index is 12.0. The summed E-state index contributed by atoms with van der Waals surface area (Å²) >= 11 is 0. The molecule has 2 rings (SSSR count). The van der Waals surface area contributed by atoms with Crippen molar-refractivity contribution in [1.29, 1.82) is 0 Å². The van der Waals surface area contributed by atoms with E-state index in [1.807, 2.05) is 6.07 Å². The lowest BCUT2D eigenvalue weighted by atomic mass is 10.1. The highest BCUT2D eigenvalue weighted by Gasteiger charge is 2.09. The topological polar surface area (TPSA) is 72.2 Å². The van der Waals surface area contributed by atoms with Crippen molar-refractivity contribution in [3.05, 3.63) is 59.7 Å². The number of nitrogens with two attached hydrogens (primary N) is 1. The Morgan fingerprint density at radius 3 is 2.37 bits per heavy atom. The lowest BCUT2D eigenvalue weighted by Crippen LogP contribution is -2.12. The molecule has 0 saturated heterocycles. The minimum absolute atomic E-state index is 0.131. The molecule has 4 nitrogen and oxygen atoms in total. The monoisotopic (exact) mass is 254 g/mol. The van der Waals surface area contributed by atoms with Crippen molar-refractivity contribution in [1.82, 2.24) is 0 Å². The average Bonchev–Trinajstić information content (AvgIpc) is 2.41. The van der Waals surface area contributed by atoms with Crippen LogP contribution in [0.2, 0.25) is 0 Å². The fourth-order valence-corrected chi connectivity index (χ4v) is 1.73. The molecule has 0 aliphatic rings. The van der Waals surface area contributed by atoms with Gasteiger partial charge in [-0.15, -0.1) is 0 Å². The molecule has 3 N–H and O–H groups in total. The molecule has 0 aliphatic heterocycles. The van der Waals surface area contributed by atoms with E-state index in [4.69, 9.17) is 5.73 Å². The van der Waals surface area contributed by atoms with Gasteiger partial charge in [0.05, 0.1) is 0 Å². The number of nitrogens with one attached hydrogen (secondary N) is 1. The molecular formula is C15H14N2O2. The summed E-state index contributed by atoms with van der Waals surface area (Å²) in [6.45, 7) is 1.44. The van der Waals surface area contributed by atoms with E-state index >= 15 is 0 Å². The van der Waals surface area contributed by atoms with Gasteiger partial charge in [0.1, 0.15) is 0 Å². The van der Waals surface area contributed by atoms with Crippen molar-refractivity contribution in [2.45, 2.75) is 6.92 Å². The molecule has 0 unspecified atom stereocenters. The van der Waals surface area contributed by atoms with E-state index in [0.29, 0.717) is 22.5 Å². The maximum atomic E-state index is 12.0. The van der Waals surface area contributed by atoms with Gasteiger partial charge in [0.15, 0.2) is 5.78 Å². The van der Waals surface area contributed by atoms with Crippen LogP contribution in [0.15, 0.2) is 48.5 Å². The summed E-state index contributed by atoms with van der Waals surface area (Å²) in [6, 6.07) is 13.7. The first-order valence-corrected chi connectivity index (χ1v) is 5.85. The number of nitrogen functional groups attached to an aromatic ring is 1. The summed E-state index contributed by atoms with van der Waals surface area (Å²) < 4.78 is 0. The Kier molecular flexibility index (Phi) is 3.61. The summed E-state index contributed by atoms with van der Waals surface area (Å²) in [5.74, 6) is -0.354. The number of carbonyl (C=O) groups excluding carboxylic acids is 2. The molecule has 0 fully saturated rings. The van der Waals surface area contributed by atoms with Gasteiger partial charge in [-0.3, -0.25) is 9.59 Å². The Bertz CT molecular complexity index is 621. The molecule has 96 valence electrons. The van der Waals surface area contributed by atoms with E-state index in [2.05, 4.69) is 5.32 Å². The zero-order valence-corrected chi connectivity index (χ0v) is 10.5. The van der Waals surface area contributed by atoms with Gasteiger partial charge in [-0.25, -0.2) is 0 Å². The molecule has 0 saturated carbocycles. The van der Waals surface area contributed by atoms with E-state index in [0.717, 1.165) is 0 Å². The highest BCUT2D eigenvalue weighted by Crippen LogP contribution is 2.19. The molecule has 4 heteroatoms. The first-order chi connectivity index (χ1) is 9.08. The van der Waals surface area contributed by atoms with E-state index in [-0.39, 0.29) is 11.7 Å². The molecule has 2 aromatic carbocycles. The fraction of sp³-hybridized carbons (Fsp3) is 0.0667. The summed E-state index contributed by atoms with van der Waals surface area (Å²) in [5.41, 5.74) is 7.62. The van der Waals surface area contributed by atoms with Gasteiger partial charge in [-0.1, -0.05) is 18.2 Å². The zero-order valence-electron chi connectivity index (χ0n) is 10.5. The Hall–Kier alpha value is -2.62. The Balaban J connectivity index is 2.23. The van der Waals surface area contributed by atoms with Crippen LogP contribution in [0.4, 0.5) is 11.4 Å². The average molecular weight is 254 g/mol. The largest absolute Gasteiger partial charge is 0.398 e. The van der Waals surface area contributed by atoms with Crippen molar-refractivity contribution < 1.29 is 9.59 Å². The number of benzene rings is 2. The minimum atomic E-state index is -0.222. The number of ketones is 1. The quantitative estimate of drug-likeness (QED) is 0.653. The highest BCUT2D eigenvalue weighted by atomic mass is 16.1. The number of hydrogen-bond donors (Lipinski definition) is 2. The van der Waals surface area contributed by atoms with Crippen LogP contribution in [0.3, 0.4) is 0 Å². The second-order valence-electron chi connectivity index (χ2n) is 4.18. The van der Waals surface area contributed by atoms with Gasteiger partial charge < -0.3 is 11.1 Å². The summed E-state index contributed by atoms with van der Waals surface area (Å²) in [4.78, 5) is 23.3. The zero-order chi connectivity index (χ0) is 13.8. The molecule has 0 bridgehead atoms. The third kappa shape index (κ3) is 2.98. The number of rotatable bonds is 3. The van der Waals surface area contributed by atoms with Gasteiger partial charge in [0, 0.05) is 22.5 Å². The van der Waals surface area contributed by atoms with Crippen LogP contribution in [0.5, 0.6) is 0 Å². The van der Waals surface area contributed by atoms with Crippen molar-refractivity contribution in [3.63, 3.8) is 0 Å². The lowest BCUT2D eigenvalue weighted by Gasteiger charge is -2.08. The molecule has 0 heterocycles. The molecule has 0 spiro atoms. The van der Waals surface area contributed by atoms with E-state index in [1.54, 1.807) is 42.5 Å². The maximum Gasteiger partial charge on any atom is 0.255 e. The standard InChI is InChI=1S/C15H14N2O2/c1-10(18)13-9-12(7-8-14(13)16)17-15(19)11-5-3-2-4-6-11/h2-9H,16H2,1H3,(H,17,19). The van der Waals surface area contributed by atoms with Crippen LogP contribution in [0.25, 0.3) is 0 Å². The van der Waals surface area contributed by atoms with Crippen LogP contribution in [-0.4, -0.2) is 11.7 Å². The van der Waals surface area contributed by atoms with Gasteiger partial charge >= 0.3 is 0 Å². The Labute approximate surface area is 111 Å². The minimum Gasteiger partial charge on any atom is -0.398 e. The van der Waals surface area contributed by atoms with Gasteiger partial charge in [-0.2, -0.15) is 0 Å². The third-order valence-electron chi connectivity index (χ3n) is 2.73. The van der Waals surface area contributed by atoms with Crippen LogP contribution >= 0.6 is 0 Å². The molecule has 19 heavy (non-hydrogen) atoms. The number of amides is 1. The lowest BCUT2D eigenvalue weighted by molar-refractivity contribution is 0.101. The summed E-state index contributed by atoms with van der Waals surface area (Å²) in [7, 11) is 0. The van der Waals surface area contributed by atoms with E-state index in [9.17, 15) is 9.59 Å². The highest BCUT2D eigenvalue weighted by molar-refractivity contribution is 6.06. The molecule has 2 aromatic rings. The van der Waals surface area contributed by atoms with Crippen molar-refractivity contribution in [2.24, 2.45) is 0 Å². The number of hydrogen-bond acceptors (Lipinski definition) is 3.